The third kappa shape index (κ3) is 5.20. The van der Waals surface area contributed by atoms with Crippen molar-refractivity contribution in [3.05, 3.63) is 58.7 Å². The molecular formula is C28H31N7O4. The molecule has 0 aliphatic carbocycles. The molecule has 0 radical (unpaired) electrons. The SMILES string of the molecule is COc1c(C#N)cc(C(C)(C)C)cc1C(=O)Nc1cnc(C)c(-n2cc(C(=O)N3CC4CCC(C3)O4)nn2)c1. The largest absolute Gasteiger partial charge is 0.495 e. The molecular weight excluding hydrogens is 498 g/mol. The Hall–Kier alpha value is -4.30. The van der Waals surface area contributed by atoms with Gasteiger partial charge in [-0.05, 0) is 48.9 Å². The Morgan fingerprint density at radius 1 is 1.18 bits per heavy atom. The third-order valence-corrected chi connectivity index (χ3v) is 7.13. The third-order valence-electron chi connectivity index (χ3n) is 7.13. The van der Waals surface area contributed by atoms with E-state index >= 15 is 0 Å². The fraction of sp³-hybridized carbons (Fsp3) is 0.429. The number of aromatic nitrogens is 4. The van der Waals surface area contributed by atoms with Gasteiger partial charge in [0, 0.05) is 13.1 Å². The number of nitriles is 1. The summed E-state index contributed by atoms with van der Waals surface area (Å²) in [6.07, 6.45) is 5.21. The molecule has 2 bridgehead atoms. The number of rotatable bonds is 5. The number of carbonyl (C=O) groups is 2. The van der Waals surface area contributed by atoms with Crippen LogP contribution in [0.15, 0.2) is 30.6 Å². The van der Waals surface area contributed by atoms with E-state index in [0.717, 1.165) is 18.4 Å². The van der Waals surface area contributed by atoms with Crippen LogP contribution in [-0.4, -0.2) is 69.1 Å². The topological polar surface area (TPSA) is 135 Å². The molecule has 4 heterocycles. The van der Waals surface area contributed by atoms with Crippen LogP contribution in [0.25, 0.3) is 5.69 Å². The number of morpholine rings is 1. The van der Waals surface area contributed by atoms with E-state index in [2.05, 4.69) is 26.7 Å². The van der Waals surface area contributed by atoms with Crippen molar-refractivity contribution < 1.29 is 19.1 Å². The number of amides is 2. The highest BCUT2D eigenvalue weighted by molar-refractivity contribution is 6.07. The summed E-state index contributed by atoms with van der Waals surface area (Å²) in [5.41, 5.74) is 2.93. The molecule has 1 N–H and O–H groups in total. The molecule has 2 aromatic heterocycles. The van der Waals surface area contributed by atoms with Crippen LogP contribution < -0.4 is 10.1 Å². The van der Waals surface area contributed by atoms with Crippen molar-refractivity contribution in [2.24, 2.45) is 0 Å². The van der Waals surface area contributed by atoms with Gasteiger partial charge in [0.25, 0.3) is 11.8 Å². The van der Waals surface area contributed by atoms with E-state index in [1.807, 2.05) is 20.8 Å². The van der Waals surface area contributed by atoms with Crippen molar-refractivity contribution >= 4 is 17.5 Å². The smallest absolute Gasteiger partial charge is 0.276 e. The van der Waals surface area contributed by atoms with Gasteiger partial charge in [0.1, 0.15) is 11.8 Å². The van der Waals surface area contributed by atoms with Gasteiger partial charge in [0.15, 0.2) is 5.69 Å². The van der Waals surface area contributed by atoms with Gasteiger partial charge in [-0.1, -0.05) is 26.0 Å². The fourth-order valence-corrected chi connectivity index (χ4v) is 4.98. The number of fused-ring (bicyclic) bond motifs is 2. The number of methoxy groups -OCH3 is 1. The summed E-state index contributed by atoms with van der Waals surface area (Å²) in [7, 11) is 1.43. The van der Waals surface area contributed by atoms with Crippen molar-refractivity contribution in [3.8, 4) is 17.5 Å². The molecule has 5 rings (SSSR count). The number of hydrogen-bond acceptors (Lipinski definition) is 8. The summed E-state index contributed by atoms with van der Waals surface area (Å²) < 4.78 is 12.7. The highest BCUT2D eigenvalue weighted by atomic mass is 16.5. The molecule has 2 aliphatic rings. The van der Waals surface area contributed by atoms with Gasteiger partial charge in [-0.3, -0.25) is 14.6 Å². The Kier molecular flexibility index (Phi) is 6.82. The minimum atomic E-state index is -0.442. The molecule has 2 atom stereocenters. The molecule has 11 nitrogen and oxygen atoms in total. The van der Waals surface area contributed by atoms with Crippen molar-refractivity contribution in [1.29, 1.82) is 5.26 Å². The lowest BCUT2D eigenvalue weighted by molar-refractivity contribution is -0.0305. The van der Waals surface area contributed by atoms with E-state index < -0.39 is 5.91 Å². The number of benzene rings is 1. The number of aryl methyl sites for hydroxylation is 1. The Labute approximate surface area is 226 Å². The summed E-state index contributed by atoms with van der Waals surface area (Å²) >= 11 is 0. The zero-order valence-corrected chi connectivity index (χ0v) is 22.7. The minimum Gasteiger partial charge on any atom is -0.495 e. The Morgan fingerprint density at radius 3 is 2.54 bits per heavy atom. The molecule has 39 heavy (non-hydrogen) atoms. The minimum absolute atomic E-state index is 0.0847. The lowest BCUT2D eigenvalue weighted by Crippen LogP contribution is -2.45. The van der Waals surface area contributed by atoms with Crippen molar-refractivity contribution in [2.45, 2.75) is 58.2 Å². The van der Waals surface area contributed by atoms with Crippen LogP contribution in [0.4, 0.5) is 5.69 Å². The van der Waals surface area contributed by atoms with E-state index in [1.165, 1.54) is 18.0 Å². The molecule has 2 saturated heterocycles. The van der Waals surface area contributed by atoms with Crippen molar-refractivity contribution in [2.75, 3.05) is 25.5 Å². The van der Waals surface area contributed by atoms with Crippen LogP contribution in [0.1, 0.15) is 71.3 Å². The van der Waals surface area contributed by atoms with Gasteiger partial charge in [-0.2, -0.15) is 5.26 Å². The van der Waals surface area contributed by atoms with Crippen LogP contribution in [0.5, 0.6) is 5.75 Å². The molecule has 2 aliphatic heterocycles. The summed E-state index contributed by atoms with van der Waals surface area (Å²) in [6, 6.07) is 7.32. The van der Waals surface area contributed by atoms with Gasteiger partial charge in [0.05, 0.1) is 59.9 Å². The predicted octanol–water partition coefficient (Wildman–Crippen LogP) is 3.40. The van der Waals surface area contributed by atoms with E-state index in [0.29, 0.717) is 30.2 Å². The number of pyridine rings is 1. The number of nitrogens with zero attached hydrogens (tertiary/aromatic N) is 6. The van der Waals surface area contributed by atoms with Gasteiger partial charge in [-0.15, -0.1) is 5.10 Å². The first-order chi connectivity index (χ1) is 18.6. The maximum Gasteiger partial charge on any atom is 0.276 e. The van der Waals surface area contributed by atoms with Crippen LogP contribution in [-0.2, 0) is 10.2 Å². The van der Waals surface area contributed by atoms with E-state index in [1.54, 1.807) is 36.2 Å². The van der Waals surface area contributed by atoms with E-state index in [9.17, 15) is 14.9 Å². The zero-order valence-electron chi connectivity index (χ0n) is 22.7. The maximum atomic E-state index is 13.4. The van der Waals surface area contributed by atoms with E-state index in [-0.39, 0.29) is 46.1 Å². The molecule has 11 heteroatoms. The molecule has 1 aromatic carbocycles. The summed E-state index contributed by atoms with van der Waals surface area (Å²) in [4.78, 5) is 32.6. The number of anilines is 1. The Morgan fingerprint density at radius 2 is 1.90 bits per heavy atom. The normalized spacial score (nSPS) is 18.5. The quantitative estimate of drug-likeness (QED) is 0.531. The number of ether oxygens (including phenoxy) is 2. The second-order valence-corrected chi connectivity index (χ2v) is 11.0. The van der Waals surface area contributed by atoms with Gasteiger partial charge in [0.2, 0.25) is 0 Å². The standard InChI is InChI=1S/C28H31N7O4/c1-16-24(35-15-23(32-33-35)27(37)34-13-20-6-7-21(14-34)39-20)10-19(12-30-16)31-26(36)22-9-18(28(2,3)4)8-17(11-29)25(22)38-5/h8-10,12,15,20-21H,6-7,13-14H2,1-5H3,(H,31,36). The van der Waals surface area contributed by atoms with Crippen molar-refractivity contribution in [1.82, 2.24) is 24.9 Å². The number of likely N-dealkylation sites (tertiary alicyclic amines) is 1. The average Bonchev–Trinajstić information content (AvgIpc) is 3.53. The molecule has 202 valence electrons. The monoisotopic (exact) mass is 529 g/mol. The predicted molar refractivity (Wildman–Crippen MR) is 142 cm³/mol. The number of carbonyl (C=O) groups excluding carboxylic acids is 2. The lowest BCUT2D eigenvalue weighted by Gasteiger charge is -2.31. The number of nitrogens with one attached hydrogen (secondary N) is 1. The fourth-order valence-electron chi connectivity index (χ4n) is 4.98. The average molecular weight is 530 g/mol. The van der Waals surface area contributed by atoms with Gasteiger partial charge in [-0.25, -0.2) is 4.68 Å². The number of hydrogen-bond donors (Lipinski definition) is 1. The van der Waals surface area contributed by atoms with Crippen LogP contribution in [0.3, 0.4) is 0 Å². The molecule has 2 amide bonds. The first-order valence-corrected chi connectivity index (χ1v) is 12.9. The second kappa shape index (κ2) is 10.1. The molecule has 2 unspecified atom stereocenters. The molecule has 0 saturated carbocycles. The van der Waals surface area contributed by atoms with Crippen LogP contribution in [0, 0.1) is 18.3 Å². The zero-order chi connectivity index (χ0) is 27.9. The summed E-state index contributed by atoms with van der Waals surface area (Å²) in [5.74, 6) is -0.419. The maximum absolute atomic E-state index is 13.4. The first-order valence-electron chi connectivity index (χ1n) is 12.9. The van der Waals surface area contributed by atoms with Crippen LogP contribution in [0.2, 0.25) is 0 Å². The Balaban J connectivity index is 1.40. The highest BCUT2D eigenvalue weighted by Crippen LogP contribution is 2.32. The second-order valence-electron chi connectivity index (χ2n) is 11.0. The lowest BCUT2D eigenvalue weighted by atomic mass is 9.84. The van der Waals surface area contributed by atoms with Gasteiger partial charge >= 0.3 is 0 Å². The van der Waals surface area contributed by atoms with Crippen molar-refractivity contribution in [3.63, 3.8) is 0 Å². The van der Waals surface area contributed by atoms with Crippen LogP contribution >= 0.6 is 0 Å². The molecule has 0 spiro atoms. The molecule has 3 aromatic rings. The summed E-state index contributed by atoms with van der Waals surface area (Å²) in [5, 5.41) is 20.8. The molecule has 2 fully saturated rings. The summed E-state index contributed by atoms with van der Waals surface area (Å²) in [6.45, 7) is 8.94. The van der Waals surface area contributed by atoms with E-state index in [4.69, 9.17) is 9.47 Å². The van der Waals surface area contributed by atoms with Gasteiger partial charge < -0.3 is 19.7 Å². The first kappa shape index (κ1) is 26.3. The highest BCUT2D eigenvalue weighted by Gasteiger charge is 2.36. The Bertz CT molecular complexity index is 1470.